The Kier molecular flexibility index (Phi) is 5.32. The first-order valence-corrected chi connectivity index (χ1v) is 7.44. The van der Waals surface area contributed by atoms with Gasteiger partial charge in [-0.25, -0.2) is 9.78 Å². The molecular formula is C15H22N4O3. The molecule has 0 saturated heterocycles. The number of hydrogen-bond acceptors (Lipinski definition) is 4. The predicted molar refractivity (Wildman–Crippen MR) is 83.8 cm³/mol. The zero-order valence-electron chi connectivity index (χ0n) is 13.3. The Morgan fingerprint density at radius 3 is 2.68 bits per heavy atom. The number of rotatable bonds is 7. The minimum atomic E-state index is -0.230. The molecule has 0 aliphatic carbocycles. The first kappa shape index (κ1) is 16.2. The average Bonchev–Trinajstić information content (AvgIpc) is 2.79. The molecule has 0 unspecified atom stereocenters. The van der Waals surface area contributed by atoms with E-state index in [1.165, 1.54) is 4.57 Å². The molecule has 0 bridgehead atoms. The van der Waals surface area contributed by atoms with Gasteiger partial charge in [0, 0.05) is 26.4 Å². The third kappa shape index (κ3) is 3.04. The number of imidazole rings is 1. The molecule has 0 aliphatic heterocycles. The highest BCUT2D eigenvalue weighted by molar-refractivity contribution is 5.79. The number of carbonyl (C=O) groups excluding carboxylic acids is 1. The molecule has 0 spiro atoms. The van der Waals surface area contributed by atoms with Crippen molar-refractivity contribution in [1.29, 1.82) is 0 Å². The molecular weight excluding hydrogens is 284 g/mol. The largest absolute Gasteiger partial charge is 0.383 e. The molecule has 0 aromatic carbocycles. The molecule has 0 saturated carbocycles. The zero-order valence-corrected chi connectivity index (χ0v) is 13.3. The van der Waals surface area contributed by atoms with E-state index >= 15 is 0 Å². The molecule has 2 heterocycles. The molecule has 22 heavy (non-hydrogen) atoms. The van der Waals surface area contributed by atoms with Crippen LogP contribution in [0.5, 0.6) is 0 Å². The van der Waals surface area contributed by atoms with Crippen molar-refractivity contribution in [2.45, 2.75) is 26.9 Å². The quantitative estimate of drug-likeness (QED) is 0.755. The Hall–Kier alpha value is -2.15. The molecule has 2 aromatic heterocycles. The van der Waals surface area contributed by atoms with Crippen LogP contribution in [0, 0.1) is 0 Å². The van der Waals surface area contributed by atoms with E-state index in [9.17, 15) is 9.59 Å². The second-order valence-corrected chi connectivity index (χ2v) is 4.93. The highest BCUT2D eigenvalue weighted by atomic mass is 16.5. The number of amides is 1. The third-order valence-electron chi connectivity index (χ3n) is 3.70. The number of likely N-dealkylation sites (N-methyl/N-ethyl adjacent to an activating group) is 1. The summed E-state index contributed by atoms with van der Waals surface area (Å²) in [6.07, 6.45) is 1.64. The molecule has 0 aliphatic rings. The standard InChI is InChI=1S/C15H22N4O3/c1-4-17(5-2)13(20)11-19-12-7-6-8-16-14(12)18(15(19)21)9-10-22-3/h6-8H,4-5,9-11H2,1-3H3. The van der Waals surface area contributed by atoms with Gasteiger partial charge in [0.15, 0.2) is 5.65 Å². The van der Waals surface area contributed by atoms with E-state index in [1.807, 2.05) is 19.9 Å². The molecule has 7 nitrogen and oxygen atoms in total. The van der Waals surface area contributed by atoms with Crippen molar-refractivity contribution in [1.82, 2.24) is 19.0 Å². The summed E-state index contributed by atoms with van der Waals surface area (Å²) in [4.78, 5) is 30.9. The highest BCUT2D eigenvalue weighted by Crippen LogP contribution is 2.10. The van der Waals surface area contributed by atoms with Gasteiger partial charge in [0.25, 0.3) is 0 Å². The van der Waals surface area contributed by atoms with Crippen LogP contribution in [0.15, 0.2) is 23.1 Å². The second kappa shape index (κ2) is 7.22. The van der Waals surface area contributed by atoms with Gasteiger partial charge in [0.1, 0.15) is 6.54 Å². The lowest BCUT2D eigenvalue weighted by Gasteiger charge is -2.18. The number of hydrogen-bond donors (Lipinski definition) is 0. The van der Waals surface area contributed by atoms with Crippen LogP contribution >= 0.6 is 0 Å². The first-order valence-electron chi connectivity index (χ1n) is 7.44. The fourth-order valence-corrected chi connectivity index (χ4v) is 2.49. The molecule has 1 amide bonds. The molecule has 2 aromatic rings. The van der Waals surface area contributed by atoms with Gasteiger partial charge >= 0.3 is 5.69 Å². The third-order valence-corrected chi connectivity index (χ3v) is 3.70. The maximum absolute atomic E-state index is 12.6. The van der Waals surface area contributed by atoms with Gasteiger partial charge in [-0.3, -0.25) is 13.9 Å². The van der Waals surface area contributed by atoms with Gasteiger partial charge in [0.05, 0.1) is 18.7 Å². The summed E-state index contributed by atoms with van der Waals surface area (Å²) in [5.41, 5.74) is 1.02. The Morgan fingerprint density at radius 2 is 2.05 bits per heavy atom. The summed E-state index contributed by atoms with van der Waals surface area (Å²) < 4.78 is 8.08. The van der Waals surface area contributed by atoms with E-state index in [-0.39, 0.29) is 18.1 Å². The fraction of sp³-hybridized carbons (Fsp3) is 0.533. The minimum Gasteiger partial charge on any atom is -0.383 e. The molecule has 7 heteroatoms. The summed E-state index contributed by atoms with van der Waals surface area (Å²) in [5.74, 6) is -0.0678. The molecule has 2 rings (SSSR count). The number of ether oxygens (including phenoxy) is 1. The molecule has 0 atom stereocenters. The van der Waals surface area contributed by atoms with E-state index in [1.54, 1.807) is 28.8 Å². The van der Waals surface area contributed by atoms with Crippen molar-refractivity contribution in [2.75, 3.05) is 26.8 Å². The zero-order chi connectivity index (χ0) is 16.1. The number of pyridine rings is 1. The van der Waals surface area contributed by atoms with Gasteiger partial charge in [0.2, 0.25) is 5.91 Å². The lowest BCUT2D eigenvalue weighted by Crippen LogP contribution is -2.36. The van der Waals surface area contributed by atoms with E-state index in [0.29, 0.717) is 37.4 Å². The van der Waals surface area contributed by atoms with E-state index in [0.717, 1.165) is 0 Å². The monoisotopic (exact) mass is 306 g/mol. The number of methoxy groups -OCH3 is 1. The van der Waals surface area contributed by atoms with E-state index < -0.39 is 0 Å². The minimum absolute atomic E-state index is 0.0304. The van der Waals surface area contributed by atoms with Crippen molar-refractivity contribution in [3.8, 4) is 0 Å². The summed E-state index contributed by atoms with van der Waals surface area (Å²) >= 11 is 0. The summed E-state index contributed by atoms with van der Waals surface area (Å²) in [6.45, 7) is 5.97. The van der Waals surface area contributed by atoms with Crippen LogP contribution in [0.25, 0.3) is 11.2 Å². The maximum Gasteiger partial charge on any atom is 0.330 e. The Bertz CT molecular complexity index is 700. The van der Waals surface area contributed by atoms with E-state index in [4.69, 9.17) is 4.74 Å². The lowest BCUT2D eigenvalue weighted by atomic mass is 10.4. The summed E-state index contributed by atoms with van der Waals surface area (Å²) in [6, 6.07) is 3.57. The SMILES string of the molecule is CCN(CC)C(=O)Cn1c(=O)n(CCOC)c2ncccc21. The normalized spacial score (nSPS) is 11.0. The van der Waals surface area contributed by atoms with Crippen molar-refractivity contribution >= 4 is 17.1 Å². The lowest BCUT2D eigenvalue weighted by molar-refractivity contribution is -0.131. The number of carbonyl (C=O) groups is 1. The van der Waals surface area contributed by atoms with E-state index in [2.05, 4.69) is 4.98 Å². The van der Waals surface area contributed by atoms with Crippen molar-refractivity contribution in [2.24, 2.45) is 0 Å². The van der Waals surface area contributed by atoms with Crippen LogP contribution < -0.4 is 5.69 Å². The van der Waals surface area contributed by atoms with Crippen LogP contribution in [0.4, 0.5) is 0 Å². The van der Waals surface area contributed by atoms with Gasteiger partial charge in [-0.2, -0.15) is 0 Å². The number of fused-ring (bicyclic) bond motifs is 1. The van der Waals surface area contributed by atoms with Crippen molar-refractivity contribution in [3.63, 3.8) is 0 Å². The number of aromatic nitrogens is 3. The van der Waals surface area contributed by atoms with Crippen molar-refractivity contribution in [3.05, 3.63) is 28.8 Å². The average molecular weight is 306 g/mol. The second-order valence-electron chi connectivity index (χ2n) is 4.93. The van der Waals surface area contributed by atoms with Crippen molar-refractivity contribution < 1.29 is 9.53 Å². The van der Waals surface area contributed by atoms with Gasteiger partial charge < -0.3 is 9.64 Å². The van der Waals surface area contributed by atoms with Crippen LogP contribution in [-0.2, 0) is 22.6 Å². The predicted octanol–water partition coefficient (Wildman–Crippen LogP) is 0.713. The van der Waals surface area contributed by atoms with Crippen LogP contribution in [0.2, 0.25) is 0 Å². The Labute approximate surface area is 129 Å². The topological polar surface area (TPSA) is 69.4 Å². The molecule has 0 fully saturated rings. The summed E-state index contributed by atoms with van der Waals surface area (Å²) in [7, 11) is 1.58. The molecule has 0 N–H and O–H groups in total. The van der Waals surface area contributed by atoms with Gasteiger partial charge in [-0.05, 0) is 26.0 Å². The smallest absolute Gasteiger partial charge is 0.330 e. The molecule has 0 radical (unpaired) electrons. The number of nitrogens with zero attached hydrogens (tertiary/aromatic N) is 4. The molecule has 120 valence electrons. The van der Waals surface area contributed by atoms with Crippen LogP contribution in [-0.4, -0.2) is 51.7 Å². The van der Waals surface area contributed by atoms with Crippen LogP contribution in [0.3, 0.4) is 0 Å². The Morgan fingerprint density at radius 1 is 1.32 bits per heavy atom. The van der Waals surface area contributed by atoms with Gasteiger partial charge in [-0.15, -0.1) is 0 Å². The first-order chi connectivity index (χ1) is 10.6. The highest BCUT2D eigenvalue weighted by Gasteiger charge is 2.18. The fourth-order valence-electron chi connectivity index (χ4n) is 2.49. The summed E-state index contributed by atoms with van der Waals surface area (Å²) in [5, 5.41) is 0. The van der Waals surface area contributed by atoms with Crippen LogP contribution in [0.1, 0.15) is 13.8 Å². The maximum atomic E-state index is 12.6. The Balaban J connectivity index is 2.43. The van der Waals surface area contributed by atoms with Gasteiger partial charge in [-0.1, -0.05) is 0 Å².